The van der Waals surface area contributed by atoms with Gasteiger partial charge in [0.25, 0.3) is 5.56 Å². The van der Waals surface area contributed by atoms with Crippen LogP contribution in [-0.2, 0) is 29.2 Å². The number of hydrogen-bond donors (Lipinski definition) is 1. The van der Waals surface area contributed by atoms with Gasteiger partial charge in [-0.2, -0.15) is 0 Å². The van der Waals surface area contributed by atoms with Crippen molar-refractivity contribution in [3.63, 3.8) is 0 Å². The first-order valence-corrected chi connectivity index (χ1v) is 12.2. The van der Waals surface area contributed by atoms with Crippen LogP contribution in [0.3, 0.4) is 0 Å². The summed E-state index contributed by atoms with van der Waals surface area (Å²) in [6.07, 6.45) is 3.19. The zero-order valence-corrected chi connectivity index (χ0v) is 21.2. The molecule has 0 aliphatic carbocycles. The largest absolute Gasteiger partial charge is 0.468 e. The van der Waals surface area contributed by atoms with Crippen LogP contribution in [0, 0.1) is 13.8 Å². The summed E-state index contributed by atoms with van der Waals surface area (Å²) in [5, 5.41) is 13.1. The van der Waals surface area contributed by atoms with Gasteiger partial charge in [-0.3, -0.25) is 14.5 Å². The maximum absolute atomic E-state index is 13.1. The number of carbonyl (C=O) groups is 1. The number of nitrogens with one attached hydrogen (secondary N) is 1. The third-order valence-electron chi connectivity index (χ3n) is 6.29. The Labute approximate surface area is 209 Å². The highest BCUT2D eigenvalue weighted by molar-refractivity contribution is 5.80. The molecule has 0 aliphatic rings. The molecule has 0 bridgehead atoms. The van der Waals surface area contributed by atoms with Crippen LogP contribution < -0.4 is 5.56 Å². The number of tetrazole rings is 1. The highest BCUT2D eigenvalue weighted by Crippen LogP contribution is 2.28. The third kappa shape index (κ3) is 5.71. The highest BCUT2D eigenvalue weighted by atomic mass is 16.5. The van der Waals surface area contributed by atoms with Crippen LogP contribution in [0.15, 0.2) is 45.8 Å². The van der Waals surface area contributed by atoms with Gasteiger partial charge in [0.15, 0.2) is 5.82 Å². The number of hydrogen-bond acceptors (Lipinski definition) is 8. The summed E-state index contributed by atoms with van der Waals surface area (Å²) >= 11 is 0. The van der Waals surface area contributed by atoms with Gasteiger partial charge in [0.1, 0.15) is 12.3 Å². The minimum atomic E-state index is -0.407. The zero-order chi connectivity index (χ0) is 25.7. The molecular weight excluding hydrogens is 460 g/mol. The van der Waals surface area contributed by atoms with E-state index in [0.29, 0.717) is 30.9 Å². The van der Waals surface area contributed by atoms with Crippen molar-refractivity contribution in [1.82, 2.24) is 30.1 Å². The number of ether oxygens (including phenoxy) is 1. The van der Waals surface area contributed by atoms with Gasteiger partial charge in [0, 0.05) is 17.6 Å². The van der Waals surface area contributed by atoms with Crippen molar-refractivity contribution < 1.29 is 13.9 Å². The van der Waals surface area contributed by atoms with Gasteiger partial charge < -0.3 is 14.1 Å². The molecule has 190 valence electrons. The number of esters is 1. The van der Waals surface area contributed by atoms with E-state index in [9.17, 15) is 9.59 Å². The van der Waals surface area contributed by atoms with Crippen molar-refractivity contribution in [2.45, 2.75) is 66.2 Å². The fourth-order valence-corrected chi connectivity index (χ4v) is 4.38. The summed E-state index contributed by atoms with van der Waals surface area (Å²) in [5.41, 5.74) is 3.59. The molecule has 1 atom stereocenters. The topological polar surface area (TPSA) is 119 Å². The lowest BCUT2D eigenvalue weighted by molar-refractivity contribution is -0.144. The van der Waals surface area contributed by atoms with E-state index >= 15 is 0 Å². The lowest BCUT2D eigenvalue weighted by atomic mass is 10.0. The number of benzene rings is 1. The molecule has 36 heavy (non-hydrogen) atoms. The number of H-pyrrole nitrogens is 1. The molecule has 3 aromatic heterocycles. The van der Waals surface area contributed by atoms with Crippen LogP contribution >= 0.6 is 0 Å². The summed E-state index contributed by atoms with van der Waals surface area (Å²) in [6, 6.07) is 9.50. The molecule has 1 unspecified atom stereocenters. The van der Waals surface area contributed by atoms with Crippen molar-refractivity contribution in [3.8, 4) is 0 Å². The van der Waals surface area contributed by atoms with Crippen LogP contribution in [-0.4, -0.2) is 42.7 Å². The highest BCUT2D eigenvalue weighted by Gasteiger charge is 2.28. The van der Waals surface area contributed by atoms with E-state index < -0.39 is 5.97 Å². The SMILES string of the molecule is CCCC(c1nnnn1CC(=O)OCC)N(Cc1ccco1)Cc1cc2cc(C)c(C)cc2[nH]c1=O. The van der Waals surface area contributed by atoms with Crippen LogP contribution in [0.25, 0.3) is 10.9 Å². The van der Waals surface area contributed by atoms with E-state index in [4.69, 9.17) is 9.15 Å². The Morgan fingerprint density at radius 1 is 1.19 bits per heavy atom. The average Bonchev–Trinajstić information content (AvgIpc) is 3.51. The molecule has 0 aliphatic heterocycles. The lowest BCUT2D eigenvalue weighted by Gasteiger charge is -2.30. The Kier molecular flexibility index (Phi) is 7.94. The molecule has 10 nitrogen and oxygen atoms in total. The minimum Gasteiger partial charge on any atom is -0.468 e. The number of nitrogens with zero attached hydrogens (tertiary/aromatic N) is 5. The summed E-state index contributed by atoms with van der Waals surface area (Å²) in [5.74, 6) is 0.889. The normalized spacial score (nSPS) is 12.4. The van der Waals surface area contributed by atoms with Gasteiger partial charge in [-0.15, -0.1) is 5.10 Å². The van der Waals surface area contributed by atoms with Crippen molar-refractivity contribution >= 4 is 16.9 Å². The predicted molar refractivity (Wildman–Crippen MR) is 134 cm³/mol. The maximum Gasteiger partial charge on any atom is 0.327 e. The van der Waals surface area contributed by atoms with E-state index in [-0.39, 0.29) is 24.8 Å². The molecular formula is C26H32N6O4. The number of rotatable bonds is 11. The van der Waals surface area contributed by atoms with Gasteiger partial charge in [0.2, 0.25) is 0 Å². The molecule has 10 heteroatoms. The Bertz CT molecular complexity index is 1380. The molecule has 0 spiro atoms. The second-order valence-electron chi connectivity index (χ2n) is 8.94. The van der Waals surface area contributed by atoms with Crippen LogP contribution in [0.5, 0.6) is 0 Å². The molecule has 0 fully saturated rings. The van der Waals surface area contributed by atoms with E-state index in [1.807, 2.05) is 31.2 Å². The van der Waals surface area contributed by atoms with Gasteiger partial charge in [0.05, 0.1) is 25.5 Å². The maximum atomic E-state index is 13.1. The monoisotopic (exact) mass is 492 g/mol. The number of aromatic nitrogens is 5. The number of fused-ring (bicyclic) bond motifs is 1. The molecule has 0 radical (unpaired) electrons. The van der Waals surface area contributed by atoms with Gasteiger partial charge in [-0.25, -0.2) is 4.68 Å². The molecule has 0 saturated carbocycles. The second kappa shape index (κ2) is 11.3. The first-order chi connectivity index (χ1) is 17.4. The quantitative estimate of drug-likeness (QED) is 0.314. The zero-order valence-electron chi connectivity index (χ0n) is 21.2. The molecule has 1 N–H and O–H groups in total. The molecule has 0 amide bonds. The molecule has 4 rings (SSSR count). The molecule has 0 saturated heterocycles. The smallest absolute Gasteiger partial charge is 0.327 e. The Balaban J connectivity index is 1.73. The summed E-state index contributed by atoms with van der Waals surface area (Å²) in [4.78, 5) is 30.4. The van der Waals surface area contributed by atoms with Crippen molar-refractivity contribution in [2.24, 2.45) is 0 Å². The van der Waals surface area contributed by atoms with E-state index in [1.54, 1.807) is 13.2 Å². The standard InChI is InChI=1S/C26H32N6O4/c1-5-8-23(25-28-29-30-32(25)16-24(33)35-6-2)31(15-21-9-7-10-36-21)14-20-13-19-11-17(3)18(4)12-22(19)27-26(20)34/h7,9-13,23H,5-6,8,14-16H2,1-4H3,(H,27,34). The Morgan fingerprint density at radius 2 is 2.00 bits per heavy atom. The Morgan fingerprint density at radius 3 is 2.72 bits per heavy atom. The first kappa shape index (κ1) is 25.3. The summed E-state index contributed by atoms with van der Waals surface area (Å²) < 4.78 is 12.2. The molecule has 1 aromatic carbocycles. The number of pyridine rings is 1. The van der Waals surface area contributed by atoms with Crippen molar-refractivity contribution in [3.05, 3.63) is 75.2 Å². The van der Waals surface area contributed by atoms with Crippen LogP contribution in [0.2, 0.25) is 0 Å². The fourth-order valence-electron chi connectivity index (χ4n) is 4.38. The van der Waals surface area contributed by atoms with Crippen molar-refractivity contribution in [1.29, 1.82) is 0 Å². The molecule has 4 aromatic rings. The minimum absolute atomic E-state index is 0.0832. The van der Waals surface area contributed by atoms with Gasteiger partial charge in [-0.05, 0) is 84.5 Å². The Hall–Kier alpha value is -3.79. The molecule has 3 heterocycles. The van der Waals surface area contributed by atoms with E-state index in [1.165, 1.54) is 4.68 Å². The third-order valence-corrected chi connectivity index (χ3v) is 6.29. The van der Waals surface area contributed by atoms with E-state index in [2.05, 4.69) is 45.3 Å². The number of furan rings is 1. The van der Waals surface area contributed by atoms with Crippen LogP contribution in [0.1, 0.15) is 61.0 Å². The lowest BCUT2D eigenvalue weighted by Crippen LogP contribution is -2.33. The summed E-state index contributed by atoms with van der Waals surface area (Å²) in [6.45, 7) is 8.90. The first-order valence-electron chi connectivity index (χ1n) is 12.2. The van der Waals surface area contributed by atoms with Crippen molar-refractivity contribution in [2.75, 3.05) is 6.61 Å². The van der Waals surface area contributed by atoms with Gasteiger partial charge >= 0.3 is 5.97 Å². The number of aryl methyl sites for hydroxylation is 2. The summed E-state index contributed by atoms with van der Waals surface area (Å²) in [7, 11) is 0. The predicted octanol–water partition coefficient (Wildman–Crippen LogP) is 3.83. The second-order valence-corrected chi connectivity index (χ2v) is 8.94. The number of aromatic amines is 1. The average molecular weight is 493 g/mol. The fraction of sp³-hybridized carbons (Fsp3) is 0.423. The van der Waals surface area contributed by atoms with Crippen LogP contribution in [0.4, 0.5) is 0 Å². The van der Waals surface area contributed by atoms with E-state index in [0.717, 1.165) is 34.2 Å². The number of carbonyl (C=O) groups excluding carboxylic acids is 1. The van der Waals surface area contributed by atoms with Gasteiger partial charge in [-0.1, -0.05) is 13.3 Å².